The molecule has 3 aromatic rings. The van der Waals surface area contributed by atoms with Crippen LogP contribution in [0.1, 0.15) is 26.3 Å². The molecule has 6 heteroatoms. The summed E-state index contributed by atoms with van der Waals surface area (Å²) in [5.41, 5.74) is 1.52. The molecule has 5 nitrogen and oxygen atoms in total. The lowest BCUT2D eigenvalue weighted by atomic mass is 10.1. The van der Waals surface area contributed by atoms with Gasteiger partial charge in [0.25, 0.3) is 0 Å². The number of benzene rings is 3. The van der Waals surface area contributed by atoms with Crippen LogP contribution >= 0.6 is 11.6 Å². The van der Waals surface area contributed by atoms with E-state index in [0.29, 0.717) is 16.3 Å². The highest BCUT2D eigenvalue weighted by Crippen LogP contribution is 2.34. The Labute approximate surface area is 184 Å². The van der Waals surface area contributed by atoms with Crippen molar-refractivity contribution in [2.24, 2.45) is 0 Å². The minimum atomic E-state index is -0.592. The number of allylic oxidation sites excluding steroid dienone is 3. The Balaban J connectivity index is 1.50. The Morgan fingerprint density at radius 3 is 2.61 bits per heavy atom. The minimum Gasteiger partial charge on any atom is -0.496 e. The van der Waals surface area contributed by atoms with Crippen molar-refractivity contribution in [1.82, 2.24) is 0 Å². The van der Waals surface area contributed by atoms with Crippen LogP contribution in [0.25, 0.3) is 6.08 Å². The van der Waals surface area contributed by atoms with Crippen molar-refractivity contribution in [1.29, 1.82) is 0 Å². The van der Waals surface area contributed by atoms with Crippen LogP contribution in [-0.4, -0.2) is 18.9 Å². The summed E-state index contributed by atoms with van der Waals surface area (Å²) in [6, 6.07) is 18.8. The van der Waals surface area contributed by atoms with Crippen LogP contribution in [0.15, 0.2) is 84.6 Å². The zero-order valence-corrected chi connectivity index (χ0v) is 17.3. The molecule has 4 rings (SSSR count). The summed E-state index contributed by atoms with van der Waals surface area (Å²) >= 11 is 6.04. The zero-order valence-electron chi connectivity index (χ0n) is 16.5. The Bertz CT molecular complexity index is 1230. The number of Topliss-reactive ketones (excluding diaryl/α,β-unsaturated/α-hetero) is 1. The zero-order chi connectivity index (χ0) is 21.8. The molecular formula is C25H17ClO5. The largest absolute Gasteiger partial charge is 0.496 e. The van der Waals surface area contributed by atoms with Gasteiger partial charge in [0, 0.05) is 11.6 Å². The third-order valence-electron chi connectivity index (χ3n) is 4.61. The highest BCUT2D eigenvalue weighted by molar-refractivity contribution is 6.33. The van der Waals surface area contributed by atoms with Gasteiger partial charge in [-0.25, -0.2) is 4.79 Å². The maximum atomic E-state index is 12.6. The number of para-hydroxylation sites is 1. The average Bonchev–Trinajstić information content (AvgIpc) is 3.09. The monoisotopic (exact) mass is 432 g/mol. The van der Waals surface area contributed by atoms with E-state index in [1.165, 1.54) is 6.07 Å². The third-order valence-corrected chi connectivity index (χ3v) is 4.94. The number of carbonyl (C=O) groups excluding carboxylic acids is 2. The van der Waals surface area contributed by atoms with Crippen LogP contribution in [0.2, 0.25) is 5.02 Å². The van der Waals surface area contributed by atoms with Crippen molar-refractivity contribution in [3.63, 3.8) is 0 Å². The van der Waals surface area contributed by atoms with E-state index in [-0.39, 0.29) is 22.9 Å². The molecule has 1 aliphatic rings. The van der Waals surface area contributed by atoms with Gasteiger partial charge in [0.1, 0.15) is 17.2 Å². The Hall–Kier alpha value is -3.83. The maximum absolute atomic E-state index is 12.6. The number of rotatable bonds is 5. The average molecular weight is 433 g/mol. The molecule has 0 aromatic heterocycles. The summed E-state index contributed by atoms with van der Waals surface area (Å²) in [6.07, 6.45) is 5.13. The molecule has 31 heavy (non-hydrogen) atoms. The molecule has 3 aromatic carbocycles. The first-order chi connectivity index (χ1) is 15.1. The lowest BCUT2D eigenvalue weighted by Crippen LogP contribution is -2.09. The van der Waals surface area contributed by atoms with Crippen molar-refractivity contribution in [3.8, 4) is 17.2 Å². The number of esters is 1. The van der Waals surface area contributed by atoms with Crippen LogP contribution in [0, 0.1) is 0 Å². The van der Waals surface area contributed by atoms with E-state index in [1.807, 2.05) is 30.3 Å². The van der Waals surface area contributed by atoms with Gasteiger partial charge in [-0.2, -0.15) is 0 Å². The SMILES string of the molecule is COc1ccccc1/C=C/C=C1\Oc2cc(OC(=O)c3ccccc3Cl)ccc2C1=O. The van der Waals surface area contributed by atoms with Crippen LogP contribution in [0.3, 0.4) is 0 Å². The first-order valence-corrected chi connectivity index (χ1v) is 9.79. The van der Waals surface area contributed by atoms with Crippen LogP contribution in [0.4, 0.5) is 0 Å². The van der Waals surface area contributed by atoms with Crippen LogP contribution in [0.5, 0.6) is 17.2 Å². The second-order valence-electron chi connectivity index (χ2n) is 6.59. The van der Waals surface area contributed by atoms with Gasteiger partial charge >= 0.3 is 5.97 Å². The fourth-order valence-corrected chi connectivity index (χ4v) is 3.29. The van der Waals surface area contributed by atoms with Gasteiger partial charge in [0.15, 0.2) is 5.76 Å². The number of hydrogen-bond donors (Lipinski definition) is 0. The van der Waals surface area contributed by atoms with Crippen molar-refractivity contribution in [3.05, 3.63) is 106 Å². The molecule has 0 radical (unpaired) electrons. The van der Waals surface area contributed by atoms with E-state index in [2.05, 4.69) is 0 Å². The molecule has 0 bridgehead atoms. The number of carbonyl (C=O) groups is 2. The minimum absolute atomic E-state index is 0.177. The quantitative estimate of drug-likeness (QED) is 0.292. The molecular weight excluding hydrogens is 416 g/mol. The van der Waals surface area contributed by atoms with Crippen LogP contribution in [-0.2, 0) is 0 Å². The van der Waals surface area contributed by atoms with E-state index >= 15 is 0 Å². The van der Waals surface area contributed by atoms with E-state index < -0.39 is 5.97 Å². The van der Waals surface area contributed by atoms with Crippen molar-refractivity contribution >= 4 is 29.4 Å². The smallest absolute Gasteiger partial charge is 0.345 e. The molecule has 0 amide bonds. The van der Waals surface area contributed by atoms with Crippen molar-refractivity contribution in [2.45, 2.75) is 0 Å². The Morgan fingerprint density at radius 2 is 1.81 bits per heavy atom. The van der Waals surface area contributed by atoms with Gasteiger partial charge in [0.2, 0.25) is 5.78 Å². The molecule has 0 atom stereocenters. The number of hydrogen-bond acceptors (Lipinski definition) is 5. The highest BCUT2D eigenvalue weighted by atomic mass is 35.5. The van der Waals surface area contributed by atoms with E-state index in [9.17, 15) is 9.59 Å². The number of methoxy groups -OCH3 is 1. The maximum Gasteiger partial charge on any atom is 0.345 e. The summed E-state index contributed by atoms with van der Waals surface area (Å²) in [6.45, 7) is 0. The molecule has 1 heterocycles. The number of ether oxygens (including phenoxy) is 3. The molecule has 0 N–H and O–H groups in total. The molecule has 0 unspecified atom stereocenters. The van der Waals surface area contributed by atoms with E-state index in [0.717, 1.165) is 11.3 Å². The van der Waals surface area contributed by atoms with Gasteiger partial charge in [0.05, 0.1) is 23.3 Å². The van der Waals surface area contributed by atoms with Crippen molar-refractivity contribution in [2.75, 3.05) is 7.11 Å². The lowest BCUT2D eigenvalue weighted by molar-refractivity contribution is 0.0734. The first kappa shape index (κ1) is 20.4. The molecule has 0 saturated carbocycles. The molecule has 0 saturated heterocycles. The van der Waals surface area contributed by atoms with Gasteiger partial charge in [-0.05, 0) is 36.4 Å². The van der Waals surface area contributed by atoms with Gasteiger partial charge < -0.3 is 14.2 Å². The molecule has 1 aliphatic heterocycles. The first-order valence-electron chi connectivity index (χ1n) is 9.41. The summed E-state index contributed by atoms with van der Waals surface area (Å²) < 4.78 is 16.4. The predicted octanol–water partition coefficient (Wildman–Crippen LogP) is 5.74. The normalized spacial score (nSPS) is 13.9. The number of fused-ring (bicyclic) bond motifs is 1. The fraction of sp³-hybridized carbons (Fsp3) is 0.0400. The van der Waals surface area contributed by atoms with Gasteiger partial charge in [-0.1, -0.05) is 54.1 Å². The topological polar surface area (TPSA) is 61.8 Å². The lowest BCUT2D eigenvalue weighted by Gasteiger charge is -2.06. The fourth-order valence-electron chi connectivity index (χ4n) is 3.08. The molecule has 0 aliphatic carbocycles. The van der Waals surface area contributed by atoms with Gasteiger partial charge in [-0.3, -0.25) is 4.79 Å². The van der Waals surface area contributed by atoms with E-state index in [1.54, 1.807) is 55.7 Å². The summed E-state index contributed by atoms with van der Waals surface area (Å²) in [5.74, 6) is 0.641. The second kappa shape index (κ2) is 8.90. The van der Waals surface area contributed by atoms with Crippen molar-refractivity contribution < 1.29 is 23.8 Å². The van der Waals surface area contributed by atoms with Crippen LogP contribution < -0.4 is 14.2 Å². The summed E-state index contributed by atoms with van der Waals surface area (Å²) in [7, 11) is 1.60. The second-order valence-corrected chi connectivity index (χ2v) is 7.00. The molecule has 154 valence electrons. The third kappa shape index (κ3) is 4.37. The Kier molecular flexibility index (Phi) is 5.87. The van der Waals surface area contributed by atoms with Gasteiger partial charge in [-0.15, -0.1) is 0 Å². The number of ketones is 1. The summed E-state index contributed by atoms with van der Waals surface area (Å²) in [5, 5.41) is 0.298. The standard InChI is InChI=1S/C25H17ClO5/c1-29-21-11-5-2-7-16(21)8-6-12-22-24(27)19-14-13-17(15-23(19)31-22)30-25(28)18-9-3-4-10-20(18)26/h2-15H,1H3/b8-6+,22-12-. The van der Waals surface area contributed by atoms with E-state index in [4.69, 9.17) is 25.8 Å². The highest BCUT2D eigenvalue weighted by Gasteiger charge is 2.27. The summed E-state index contributed by atoms with van der Waals surface area (Å²) in [4.78, 5) is 24.9. The molecule has 0 fully saturated rings. The Morgan fingerprint density at radius 1 is 1.03 bits per heavy atom. The predicted molar refractivity (Wildman–Crippen MR) is 118 cm³/mol. The number of halogens is 1. The molecule has 0 spiro atoms.